The fourth-order valence-electron chi connectivity index (χ4n) is 0.892. The van der Waals surface area contributed by atoms with Crippen LogP contribution in [0.1, 0.15) is 11.1 Å². The van der Waals surface area contributed by atoms with Crippen LogP contribution in [-0.4, -0.2) is 11.3 Å². The summed E-state index contributed by atoms with van der Waals surface area (Å²) in [5.41, 5.74) is 7.25. The van der Waals surface area contributed by atoms with Crippen LogP contribution in [0.5, 0.6) is 0 Å². The van der Waals surface area contributed by atoms with Crippen molar-refractivity contribution in [1.29, 1.82) is 0 Å². The zero-order chi connectivity index (χ0) is 8.10. The molecule has 57 valence electrons. The minimum Gasteiger partial charge on any atom is -0.326 e. The van der Waals surface area contributed by atoms with Crippen LogP contribution in [0.3, 0.4) is 0 Å². The smallest absolute Gasteiger partial charge is 0.203 e. The van der Waals surface area contributed by atoms with E-state index in [0.717, 1.165) is 11.1 Å². The molecule has 0 atom stereocenters. The first-order valence-electron chi connectivity index (χ1n) is 3.35. The molecule has 3 heteroatoms. The molecular weight excluding hydrogens is 140 g/mol. The highest BCUT2D eigenvalue weighted by atomic mass is 16.1. The number of carbonyl (C=O) groups excluding carboxylic acids is 1. The van der Waals surface area contributed by atoms with E-state index in [4.69, 9.17) is 5.73 Å². The van der Waals surface area contributed by atoms with Gasteiger partial charge in [0.1, 0.15) is 0 Å². The first-order valence-corrected chi connectivity index (χ1v) is 3.35. The number of pyridine rings is 1. The van der Waals surface area contributed by atoms with E-state index < -0.39 is 0 Å². The van der Waals surface area contributed by atoms with Crippen molar-refractivity contribution in [2.45, 2.75) is 13.0 Å². The lowest BCUT2D eigenvalue weighted by Gasteiger charge is -2.00. The molecular formula is C8H9N2O. The number of nitrogens with zero attached hydrogens (tertiary/aromatic N) is 1. The number of nitrogens with two attached hydrogens (primary N) is 1. The molecule has 0 fully saturated rings. The monoisotopic (exact) mass is 149 g/mol. The summed E-state index contributed by atoms with van der Waals surface area (Å²) < 4.78 is 0. The second-order valence-electron chi connectivity index (χ2n) is 2.17. The zero-order valence-electron chi connectivity index (χ0n) is 6.08. The van der Waals surface area contributed by atoms with Gasteiger partial charge in [0, 0.05) is 25.4 Å². The second-order valence-corrected chi connectivity index (χ2v) is 2.17. The van der Waals surface area contributed by atoms with Crippen molar-refractivity contribution in [3.8, 4) is 0 Å². The summed E-state index contributed by atoms with van der Waals surface area (Å²) >= 11 is 0. The predicted octanol–water partition coefficient (Wildman–Crippen LogP) is 0.193. The molecule has 0 spiro atoms. The Bertz CT molecular complexity index is 248. The van der Waals surface area contributed by atoms with Crippen molar-refractivity contribution < 1.29 is 4.79 Å². The number of hydrogen-bond donors (Lipinski definition) is 1. The molecule has 1 heterocycles. The maximum Gasteiger partial charge on any atom is 0.203 e. The van der Waals surface area contributed by atoms with E-state index in [9.17, 15) is 4.79 Å². The Hall–Kier alpha value is -1.22. The van der Waals surface area contributed by atoms with Gasteiger partial charge in [0.15, 0.2) is 0 Å². The normalized spacial score (nSPS) is 9.55. The highest BCUT2D eigenvalue weighted by Gasteiger charge is 1.98. The summed E-state index contributed by atoms with van der Waals surface area (Å²) in [6.45, 7) is 0.444. The highest BCUT2D eigenvalue weighted by Crippen LogP contribution is 2.04. The first-order chi connectivity index (χ1) is 5.38. The van der Waals surface area contributed by atoms with E-state index in [0.29, 0.717) is 6.54 Å². The number of aromatic nitrogens is 1. The van der Waals surface area contributed by atoms with Gasteiger partial charge in [-0.1, -0.05) is 0 Å². The molecule has 2 N–H and O–H groups in total. The van der Waals surface area contributed by atoms with E-state index in [2.05, 4.69) is 4.98 Å². The molecule has 0 saturated carbocycles. The molecule has 0 aliphatic heterocycles. The Balaban J connectivity index is 2.92. The highest BCUT2D eigenvalue weighted by molar-refractivity contribution is 5.56. The van der Waals surface area contributed by atoms with Gasteiger partial charge in [-0.3, -0.25) is 9.78 Å². The topological polar surface area (TPSA) is 56.0 Å². The van der Waals surface area contributed by atoms with Crippen LogP contribution in [0.4, 0.5) is 0 Å². The molecule has 0 amide bonds. The maximum absolute atomic E-state index is 10.0. The fraction of sp³-hybridized carbons (Fsp3) is 0.250. The maximum atomic E-state index is 10.0. The van der Waals surface area contributed by atoms with Crippen LogP contribution in [0.2, 0.25) is 0 Å². The van der Waals surface area contributed by atoms with Crippen molar-refractivity contribution in [2.24, 2.45) is 5.73 Å². The molecule has 11 heavy (non-hydrogen) atoms. The van der Waals surface area contributed by atoms with Gasteiger partial charge >= 0.3 is 0 Å². The van der Waals surface area contributed by atoms with E-state index in [1.54, 1.807) is 12.4 Å². The van der Waals surface area contributed by atoms with Crippen LogP contribution in [-0.2, 0) is 17.8 Å². The van der Waals surface area contributed by atoms with Crippen molar-refractivity contribution in [3.05, 3.63) is 29.6 Å². The van der Waals surface area contributed by atoms with Crippen molar-refractivity contribution >= 4 is 6.29 Å². The minimum atomic E-state index is 0.278. The SMILES string of the molecule is NCc1ccncc1C[C]=O. The quantitative estimate of drug-likeness (QED) is 0.667. The van der Waals surface area contributed by atoms with Gasteiger partial charge in [-0.05, 0) is 17.2 Å². The van der Waals surface area contributed by atoms with Gasteiger partial charge in [-0.15, -0.1) is 0 Å². The lowest BCUT2D eigenvalue weighted by atomic mass is 10.1. The third-order valence-corrected chi connectivity index (χ3v) is 1.49. The first kappa shape index (κ1) is 7.88. The number of rotatable bonds is 3. The van der Waals surface area contributed by atoms with E-state index in [1.165, 1.54) is 0 Å². The Kier molecular flexibility index (Phi) is 2.74. The van der Waals surface area contributed by atoms with Crippen LogP contribution in [0.15, 0.2) is 18.5 Å². The largest absolute Gasteiger partial charge is 0.326 e. The van der Waals surface area contributed by atoms with Gasteiger partial charge in [-0.2, -0.15) is 0 Å². The molecule has 3 nitrogen and oxygen atoms in total. The molecule has 1 radical (unpaired) electrons. The van der Waals surface area contributed by atoms with Crippen LogP contribution >= 0.6 is 0 Å². The molecule has 0 aliphatic rings. The third-order valence-electron chi connectivity index (χ3n) is 1.49. The molecule has 0 aliphatic carbocycles. The summed E-state index contributed by atoms with van der Waals surface area (Å²) in [6, 6.07) is 1.81. The Labute approximate surface area is 65.2 Å². The number of hydrogen-bond acceptors (Lipinski definition) is 3. The van der Waals surface area contributed by atoms with Crippen LogP contribution < -0.4 is 5.73 Å². The third kappa shape index (κ3) is 1.85. The predicted molar refractivity (Wildman–Crippen MR) is 41.5 cm³/mol. The average molecular weight is 149 g/mol. The Morgan fingerprint density at radius 2 is 2.36 bits per heavy atom. The summed E-state index contributed by atoms with van der Waals surface area (Å²) in [6.07, 6.45) is 5.40. The summed E-state index contributed by atoms with van der Waals surface area (Å²) in [5, 5.41) is 0. The van der Waals surface area contributed by atoms with Gasteiger partial charge < -0.3 is 5.73 Å². The molecule has 0 saturated heterocycles. The lowest BCUT2D eigenvalue weighted by molar-refractivity contribution is 0.555. The molecule has 0 aromatic carbocycles. The molecule has 1 aromatic rings. The van der Waals surface area contributed by atoms with E-state index in [-0.39, 0.29) is 6.42 Å². The average Bonchev–Trinajstić information content (AvgIpc) is 2.06. The minimum absolute atomic E-state index is 0.278. The lowest BCUT2D eigenvalue weighted by Crippen LogP contribution is -2.02. The van der Waals surface area contributed by atoms with Crippen molar-refractivity contribution in [2.75, 3.05) is 0 Å². The van der Waals surface area contributed by atoms with Gasteiger partial charge in [0.05, 0.1) is 0 Å². The Morgan fingerprint density at radius 1 is 1.55 bits per heavy atom. The van der Waals surface area contributed by atoms with E-state index in [1.807, 2.05) is 12.4 Å². The summed E-state index contributed by atoms with van der Waals surface area (Å²) in [4.78, 5) is 13.9. The summed E-state index contributed by atoms with van der Waals surface area (Å²) in [5.74, 6) is 0. The van der Waals surface area contributed by atoms with Crippen LogP contribution in [0, 0.1) is 0 Å². The van der Waals surface area contributed by atoms with Gasteiger partial charge in [-0.25, -0.2) is 0 Å². The van der Waals surface area contributed by atoms with Gasteiger partial charge in [0.2, 0.25) is 6.29 Å². The zero-order valence-corrected chi connectivity index (χ0v) is 6.08. The van der Waals surface area contributed by atoms with E-state index >= 15 is 0 Å². The fourth-order valence-corrected chi connectivity index (χ4v) is 0.892. The molecule has 0 unspecified atom stereocenters. The van der Waals surface area contributed by atoms with Gasteiger partial charge in [0.25, 0.3) is 0 Å². The van der Waals surface area contributed by atoms with Crippen LogP contribution in [0.25, 0.3) is 0 Å². The molecule has 0 bridgehead atoms. The Morgan fingerprint density at radius 3 is 3.00 bits per heavy atom. The molecule has 1 rings (SSSR count). The molecule has 1 aromatic heterocycles. The van der Waals surface area contributed by atoms with Crippen molar-refractivity contribution in [1.82, 2.24) is 4.98 Å². The second kappa shape index (κ2) is 3.83. The van der Waals surface area contributed by atoms with Crippen molar-refractivity contribution in [3.63, 3.8) is 0 Å². The standard InChI is InChI=1S/C8H9N2O/c9-5-7-1-3-10-6-8(7)2-4-11/h1,3,6H,2,5,9H2. The summed E-state index contributed by atoms with van der Waals surface area (Å²) in [7, 11) is 0.